The zero-order valence-corrected chi connectivity index (χ0v) is 12.9. The van der Waals surface area contributed by atoms with Crippen LogP contribution in [0.5, 0.6) is 5.75 Å². The third kappa shape index (κ3) is 2.80. The maximum atomic E-state index is 12.6. The number of benzene rings is 1. The maximum Gasteiger partial charge on any atom is 0.403 e. The summed E-state index contributed by atoms with van der Waals surface area (Å²) in [6.45, 7) is 0.888. The number of anilines is 1. The van der Waals surface area contributed by atoms with E-state index in [0.29, 0.717) is 22.3 Å². The maximum absolute atomic E-state index is 12.6. The van der Waals surface area contributed by atoms with Crippen molar-refractivity contribution in [2.24, 2.45) is 0 Å². The van der Waals surface area contributed by atoms with Gasteiger partial charge in [0.15, 0.2) is 11.5 Å². The Kier molecular flexibility index (Phi) is 3.91. The number of nitrogens with two attached hydrogens (primary N) is 1. The van der Waals surface area contributed by atoms with Gasteiger partial charge < -0.3 is 10.5 Å². The van der Waals surface area contributed by atoms with Crippen LogP contribution >= 0.6 is 0 Å². The van der Waals surface area contributed by atoms with Crippen LogP contribution in [0.25, 0.3) is 16.6 Å². The number of fused-ring (bicyclic) bond motifs is 3. The number of aromatic nitrogens is 4. The highest BCUT2D eigenvalue weighted by Crippen LogP contribution is 2.27. The molecule has 0 fully saturated rings. The molecule has 0 bridgehead atoms. The van der Waals surface area contributed by atoms with Crippen LogP contribution < -0.4 is 15.8 Å². The fourth-order valence-electron chi connectivity index (χ4n) is 2.27. The van der Waals surface area contributed by atoms with Gasteiger partial charge in [-0.25, -0.2) is 9.97 Å². The van der Waals surface area contributed by atoms with E-state index in [1.807, 2.05) is 0 Å². The highest BCUT2D eigenvalue weighted by atomic mass is 19.4. The molecule has 0 aliphatic rings. The molecule has 3 aromatic rings. The minimum atomic E-state index is -4.33. The number of alkyl halides is 3. The molecule has 0 amide bonds. The van der Waals surface area contributed by atoms with Crippen molar-refractivity contribution in [3.8, 4) is 5.75 Å². The average molecular weight is 340 g/mol. The lowest BCUT2D eigenvalue weighted by atomic mass is 10.2. The number of rotatable bonds is 4. The minimum Gasteiger partial charge on any atom is -0.494 e. The number of para-hydroxylation sites is 1. The number of nitrogens with zero attached hydrogens (tertiary/aromatic N) is 4. The molecule has 0 unspecified atom stereocenters. The third-order valence-corrected chi connectivity index (χ3v) is 3.61. The first-order valence-electron chi connectivity index (χ1n) is 7.09. The summed E-state index contributed by atoms with van der Waals surface area (Å²) in [6.07, 6.45) is -4.33. The van der Waals surface area contributed by atoms with E-state index >= 15 is 0 Å². The Bertz CT molecular complexity index is 891. The molecule has 3 rings (SSSR count). The monoisotopic (exact) mass is 340 g/mol. The lowest BCUT2D eigenvalue weighted by molar-refractivity contribution is -0.151. The van der Waals surface area contributed by atoms with Gasteiger partial charge in [0.1, 0.15) is 17.3 Å². The first-order chi connectivity index (χ1) is 11.3. The van der Waals surface area contributed by atoms with E-state index in [0.717, 1.165) is 6.92 Å². The minimum absolute atomic E-state index is 0.0737. The first-order valence-corrected chi connectivity index (χ1v) is 7.09. The van der Waals surface area contributed by atoms with E-state index < -0.39 is 12.2 Å². The summed E-state index contributed by atoms with van der Waals surface area (Å²) in [5.74, 6) is 0.787. The Labute approximate surface area is 134 Å². The summed E-state index contributed by atoms with van der Waals surface area (Å²) in [4.78, 5) is 8.51. The van der Waals surface area contributed by atoms with Gasteiger partial charge in [-0.2, -0.15) is 17.7 Å². The van der Waals surface area contributed by atoms with Gasteiger partial charge in [0, 0.05) is 5.39 Å². The summed E-state index contributed by atoms with van der Waals surface area (Å²) >= 11 is 0. The molecule has 1 atom stereocenters. The number of hydrogen-bond donors (Lipinski definition) is 2. The molecule has 2 aromatic heterocycles. The van der Waals surface area contributed by atoms with Gasteiger partial charge in [-0.3, -0.25) is 5.32 Å². The first kappa shape index (κ1) is 16.2. The number of nitrogen functional groups attached to an aromatic ring is 1. The molecular weight excluding hydrogens is 325 g/mol. The molecule has 10 heteroatoms. The van der Waals surface area contributed by atoms with E-state index in [-0.39, 0.29) is 18.3 Å². The van der Waals surface area contributed by atoms with Crippen molar-refractivity contribution >= 4 is 22.5 Å². The van der Waals surface area contributed by atoms with Gasteiger partial charge in [0.25, 0.3) is 0 Å². The van der Waals surface area contributed by atoms with Crippen LogP contribution in [0.15, 0.2) is 18.2 Å². The second kappa shape index (κ2) is 5.78. The van der Waals surface area contributed by atoms with E-state index in [9.17, 15) is 13.2 Å². The van der Waals surface area contributed by atoms with E-state index in [4.69, 9.17) is 10.5 Å². The van der Waals surface area contributed by atoms with Crippen LogP contribution in [0.1, 0.15) is 12.7 Å². The SMILES string of the molecule is COc1cccc2c1nc(N)n1nc(CN[C@@H](C)C(F)(F)F)nc21. The molecule has 0 aliphatic heterocycles. The van der Waals surface area contributed by atoms with Crippen LogP contribution in [0.3, 0.4) is 0 Å². The summed E-state index contributed by atoms with van der Waals surface area (Å²) in [5, 5.41) is 7.10. The quantitative estimate of drug-likeness (QED) is 0.754. The summed E-state index contributed by atoms with van der Waals surface area (Å²) in [5.41, 5.74) is 6.80. The number of nitrogens with one attached hydrogen (secondary N) is 1. The number of ether oxygens (including phenoxy) is 1. The average Bonchev–Trinajstić information content (AvgIpc) is 2.96. The predicted molar refractivity (Wildman–Crippen MR) is 81.6 cm³/mol. The number of halogens is 3. The molecular formula is C14H15F3N6O. The second-order valence-electron chi connectivity index (χ2n) is 5.23. The fraction of sp³-hybridized carbons (Fsp3) is 0.357. The summed E-state index contributed by atoms with van der Waals surface area (Å²) < 4.78 is 44.2. The molecule has 0 radical (unpaired) electrons. The topological polar surface area (TPSA) is 90.4 Å². The van der Waals surface area contributed by atoms with Crippen molar-refractivity contribution in [3.05, 3.63) is 24.0 Å². The largest absolute Gasteiger partial charge is 0.494 e. The second-order valence-corrected chi connectivity index (χ2v) is 5.23. The van der Waals surface area contributed by atoms with Gasteiger partial charge in [0.2, 0.25) is 5.95 Å². The predicted octanol–water partition coefficient (Wildman–Crippen LogP) is 1.91. The molecule has 7 nitrogen and oxygen atoms in total. The molecule has 0 spiro atoms. The summed E-state index contributed by atoms with van der Waals surface area (Å²) in [6, 6.07) is 3.59. The van der Waals surface area contributed by atoms with Crippen LogP contribution in [-0.2, 0) is 6.54 Å². The van der Waals surface area contributed by atoms with E-state index in [1.165, 1.54) is 11.6 Å². The molecule has 3 N–H and O–H groups in total. The van der Waals surface area contributed by atoms with Crippen molar-refractivity contribution < 1.29 is 17.9 Å². The third-order valence-electron chi connectivity index (χ3n) is 3.61. The van der Waals surface area contributed by atoms with Crippen molar-refractivity contribution in [2.45, 2.75) is 25.7 Å². The fourth-order valence-corrected chi connectivity index (χ4v) is 2.27. The van der Waals surface area contributed by atoms with Crippen molar-refractivity contribution in [1.29, 1.82) is 0 Å². The van der Waals surface area contributed by atoms with Crippen LogP contribution in [-0.4, -0.2) is 38.9 Å². The Balaban J connectivity index is 2.02. The molecule has 0 saturated heterocycles. The normalized spacial score (nSPS) is 13.5. The van der Waals surface area contributed by atoms with Crippen LogP contribution in [0.4, 0.5) is 19.1 Å². The zero-order valence-electron chi connectivity index (χ0n) is 12.9. The van der Waals surface area contributed by atoms with Crippen LogP contribution in [0, 0.1) is 0 Å². The lowest BCUT2D eigenvalue weighted by Gasteiger charge is -2.15. The van der Waals surface area contributed by atoms with Gasteiger partial charge >= 0.3 is 6.18 Å². The molecule has 0 saturated carbocycles. The standard InChI is InChI=1S/C14H15F3N6O/c1-7(14(15,16)17)19-6-10-20-12-8-4-3-5-9(24-2)11(8)21-13(18)23(12)22-10/h3-5,7,19H,6H2,1-2H3,(H2,18,21)/t7-/m0/s1. The van der Waals surface area contributed by atoms with Crippen LogP contribution in [0.2, 0.25) is 0 Å². The molecule has 1 aromatic carbocycles. The van der Waals surface area contributed by atoms with Crippen molar-refractivity contribution in [2.75, 3.05) is 12.8 Å². The molecule has 24 heavy (non-hydrogen) atoms. The Morgan fingerprint density at radius 3 is 2.75 bits per heavy atom. The molecule has 128 valence electrons. The Morgan fingerprint density at radius 2 is 2.08 bits per heavy atom. The van der Waals surface area contributed by atoms with Crippen molar-refractivity contribution in [1.82, 2.24) is 24.9 Å². The smallest absolute Gasteiger partial charge is 0.403 e. The summed E-state index contributed by atoms with van der Waals surface area (Å²) in [7, 11) is 1.51. The Hall–Kier alpha value is -2.62. The van der Waals surface area contributed by atoms with Gasteiger partial charge in [-0.1, -0.05) is 6.07 Å². The molecule has 2 heterocycles. The highest BCUT2D eigenvalue weighted by Gasteiger charge is 2.35. The van der Waals surface area contributed by atoms with E-state index in [1.54, 1.807) is 18.2 Å². The van der Waals surface area contributed by atoms with Crippen molar-refractivity contribution in [3.63, 3.8) is 0 Å². The van der Waals surface area contributed by atoms with Gasteiger partial charge in [-0.15, -0.1) is 5.10 Å². The Morgan fingerprint density at radius 1 is 1.33 bits per heavy atom. The zero-order chi connectivity index (χ0) is 17.5. The number of methoxy groups -OCH3 is 1. The molecule has 0 aliphatic carbocycles. The lowest BCUT2D eigenvalue weighted by Crippen LogP contribution is -2.39. The van der Waals surface area contributed by atoms with Gasteiger partial charge in [-0.05, 0) is 19.1 Å². The van der Waals surface area contributed by atoms with E-state index in [2.05, 4.69) is 20.4 Å². The van der Waals surface area contributed by atoms with Gasteiger partial charge in [0.05, 0.1) is 13.7 Å². The number of hydrogen-bond acceptors (Lipinski definition) is 6. The highest BCUT2D eigenvalue weighted by molar-refractivity contribution is 5.95.